The Hall–Kier alpha value is -6.37. The number of hydrogen-bond acceptors (Lipinski definition) is 17. The molecule has 2 saturated heterocycles. The molecule has 12 atom stereocenters. The third-order valence-electron chi connectivity index (χ3n) is 33.4. The summed E-state index contributed by atoms with van der Waals surface area (Å²) in [7, 11) is -0.0812. The van der Waals surface area contributed by atoms with E-state index in [-0.39, 0.29) is 107 Å². The van der Waals surface area contributed by atoms with Gasteiger partial charge in [0.15, 0.2) is 34.8 Å². The first-order chi connectivity index (χ1) is 64.9. The number of halogens is 8. The second kappa shape index (κ2) is 38.8. The maximum Gasteiger partial charge on any atom is 0.377 e. The number of carbonyl (C=O) groups is 8. The molecule has 12 unspecified atom stereocenters. The highest BCUT2D eigenvalue weighted by molar-refractivity contribution is 14.1. The van der Waals surface area contributed by atoms with Crippen molar-refractivity contribution in [2.45, 2.75) is 218 Å². The van der Waals surface area contributed by atoms with Crippen LogP contribution in [0.3, 0.4) is 0 Å². The van der Waals surface area contributed by atoms with Gasteiger partial charge in [-0.1, -0.05) is 113 Å². The lowest BCUT2D eigenvalue weighted by molar-refractivity contribution is -0.397. The number of hydrogen-bond donors (Lipinski definition) is 0. The summed E-state index contributed by atoms with van der Waals surface area (Å²) in [5.74, 6) is -10.4. The van der Waals surface area contributed by atoms with Crippen LogP contribution in [0.4, 0.5) is 17.6 Å². The SMILES string of the molecule is CC(F)(F)C(=O)OC12CC3CC(C1)C1(OCC(COC(=O)C45CC6CC(C4)C(=O)C(C6)C5)(COC(=O)C45CC6CC(C4)C(=O)C(C6)C5)CO1)C(C3)C2.CCC1(OC(=O)C2C3CC4C(OC(=O)C42)C3OC(=O)C(C)(F)F)C2CC3CC(C2)CC1C3.CI.CI.Ic1ccc(-[s+]2c3ccccc3c3ccccc32)cc1.Ic1ccc(Oc2ccc([S+](c3ccccc3)c3ccccc3)cc2)cc1. The van der Waals surface area contributed by atoms with Gasteiger partial charge in [-0.2, -0.15) is 17.6 Å². The van der Waals surface area contributed by atoms with Crippen LogP contribution < -0.4 is 4.74 Å². The normalized spacial score (nSPS) is 35.2. The number of alkyl halides is 6. The van der Waals surface area contributed by atoms with Gasteiger partial charge < -0.3 is 42.6 Å². The third kappa shape index (κ3) is 18.5. The van der Waals surface area contributed by atoms with Crippen LogP contribution in [0.5, 0.6) is 11.5 Å². The molecular formula is C108H116F4I4O17S2+2. The zero-order valence-electron chi connectivity index (χ0n) is 76.5. The Morgan fingerprint density at radius 1 is 0.467 bits per heavy atom. The zero-order valence-corrected chi connectivity index (χ0v) is 86.7. The Balaban J connectivity index is 0.000000121. The number of carbonyl (C=O) groups excluding carboxylic acids is 8. The lowest BCUT2D eigenvalue weighted by Crippen LogP contribution is -2.69. The molecule has 0 amide bonds. The first kappa shape index (κ1) is 97.5. The van der Waals surface area contributed by atoms with E-state index in [4.69, 9.17) is 42.6 Å². The summed E-state index contributed by atoms with van der Waals surface area (Å²) in [6.07, 6.45) is 14.9. The van der Waals surface area contributed by atoms with Gasteiger partial charge in [0.05, 0.1) is 52.2 Å². The summed E-state index contributed by atoms with van der Waals surface area (Å²) >= 11 is 8.96. The van der Waals surface area contributed by atoms with Crippen LogP contribution in [0.15, 0.2) is 197 Å². The lowest BCUT2D eigenvalue weighted by Gasteiger charge is -2.65. The average molecular weight is 2330 g/mol. The van der Waals surface area contributed by atoms with Crippen molar-refractivity contribution in [1.29, 1.82) is 0 Å². The predicted molar refractivity (Wildman–Crippen MR) is 538 cm³/mol. The topological polar surface area (TPSA) is 220 Å². The molecule has 0 N–H and O–H groups in total. The van der Waals surface area contributed by atoms with Crippen molar-refractivity contribution in [2.24, 2.45) is 117 Å². The van der Waals surface area contributed by atoms with E-state index in [9.17, 15) is 55.9 Å². The first-order valence-electron chi connectivity index (χ1n) is 48.0. The van der Waals surface area contributed by atoms with E-state index < -0.39 is 98.9 Å². The number of benzene rings is 7. The van der Waals surface area contributed by atoms with E-state index in [1.54, 1.807) is 0 Å². The molecule has 18 saturated carbocycles. The van der Waals surface area contributed by atoms with E-state index in [0.717, 1.165) is 107 Å². The smallest absolute Gasteiger partial charge is 0.377 e. The van der Waals surface area contributed by atoms with Gasteiger partial charge in [-0.3, -0.25) is 28.8 Å². The molecule has 7 aromatic carbocycles. The fraction of sp³-hybridized carbons (Fsp3) is 0.537. The van der Waals surface area contributed by atoms with E-state index in [2.05, 4.69) is 255 Å². The minimum absolute atomic E-state index is 0.0478. The number of esters is 6. The molecule has 17 nitrogen and oxygen atoms in total. The lowest BCUT2D eigenvalue weighted by atomic mass is 9.49. The molecule has 1 aromatic heterocycles. The van der Waals surface area contributed by atoms with Gasteiger partial charge in [0.1, 0.15) is 59.7 Å². The Morgan fingerprint density at radius 3 is 1.36 bits per heavy atom. The van der Waals surface area contributed by atoms with E-state index >= 15 is 0 Å². The molecular weight excluding hydrogens is 2220 g/mol. The van der Waals surface area contributed by atoms with Gasteiger partial charge in [0.25, 0.3) is 0 Å². The summed E-state index contributed by atoms with van der Waals surface area (Å²) in [4.78, 5) is 113. The van der Waals surface area contributed by atoms with E-state index in [0.29, 0.717) is 100 Å². The minimum Gasteiger partial charge on any atom is -0.464 e. The molecule has 1 spiro atoms. The molecule has 18 aliphatic carbocycles. The fourth-order valence-electron chi connectivity index (χ4n) is 28.5. The molecule has 27 heteroatoms. The summed E-state index contributed by atoms with van der Waals surface area (Å²) in [5.41, 5.74) is -3.81. The summed E-state index contributed by atoms with van der Waals surface area (Å²) in [6, 6.07) is 64.4. The Labute approximate surface area is 846 Å². The van der Waals surface area contributed by atoms with Crippen LogP contribution in [0.1, 0.15) is 162 Å². The molecule has 20 fully saturated rings. The van der Waals surface area contributed by atoms with Gasteiger partial charge in [0, 0.05) is 89.6 Å². The number of Topliss-reactive ketones (excluding diaryl/α,β-unsaturated/α-hetero) is 2. The standard InChI is InChI=1S/C40H50F2O10.C24H30F2O6.C24H18IOS.C18H12IS.2CH3I/c1-35(41,42)32(45)52-39-10-23-6-28(15-39)40(29(7-23)16-39)50-19-36(20-51-40,17-48-33(46)37-8-21-2-24(11-37)30(43)25(3-21)12-37)18-49-34(47)38-9-22-4-26(13-38)31(44)27(5-22)14-38;1-3-24(12-5-10-4-11(7-12)8-13(24)6-10)32-21(28)17-15-9-14-16(17)20(27)30-18(14)19(15)31-22(29)23(2,25)26;25-19-11-13-20(14-12-19)26-21-15-17-24(18-16-21)27(22-7-3-1-4-8-22)23-9-5-2-6-10-23;19-13-9-11-14(12-10-13)20-17-7-3-1-5-15(17)16-6-2-4-8-18(16)20;2*1-2/h21-29H,2-20H2,1H3;10-19H,3-9H2,1-2H3;1-18H;1-12H;2*1H3/q;;2*+1;;. The number of rotatable bonds is 19. The Morgan fingerprint density at radius 2 is 0.896 bits per heavy atom. The highest BCUT2D eigenvalue weighted by Crippen LogP contribution is 2.68. The summed E-state index contributed by atoms with van der Waals surface area (Å²) in [5, 5.41) is 2.79. The molecule has 8 aromatic rings. The van der Waals surface area contributed by atoms with Crippen molar-refractivity contribution in [3.8, 4) is 16.4 Å². The molecule has 0 radical (unpaired) electrons. The molecule has 3 heterocycles. The minimum atomic E-state index is -3.65. The number of fused-ring (bicyclic) bond motifs is 4. The van der Waals surface area contributed by atoms with Crippen LogP contribution in [-0.2, 0) is 87.1 Å². The zero-order chi connectivity index (χ0) is 94.6. The molecule has 20 aliphatic rings. The highest BCUT2D eigenvalue weighted by atomic mass is 127. The largest absolute Gasteiger partial charge is 0.464 e. The molecule has 135 heavy (non-hydrogen) atoms. The maximum absolute atomic E-state index is 14.0. The van der Waals surface area contributed by atoms with Crippen LogP contribution in [-0.4, -0.2) is 125 Å². The van der Waals surface area contributed by atoms with Gasteiger partial charge >= 0.3 is 47.7 Å². The van der Waals surface area contributed by atoms with Crippen molar-refractivity contribution >= 4 is 179 Å². The van der Waals surface area contributed by atoms with E-state index in [1.807, 2.05) is 34.1 Å². The van der Waals surface area contributed by atoms with Crippen molar-refractivity contribution in [1.82, 2.24) is 0 Å². The monoisotopic (exact) mass is 2330 g/mol. The van der Waals surface area contributed by atoms with E-state index in [1.165, 1.54) is 53.3 Å². The number of ketones is 2. The fourth-order valence-corrected chi connectivity index (χ4v) is 33.7. The quantitative estimate of drug-likeness (QED) is 0.0183. The van der Waals surface area contributed by atoms with Gasteiger partial charge in [0.2, 0.25) is 0 Å². The van der Waals surface area contributed by atoms with Gasteiger partial charge in [-0.25, -0.2) is 9.59 Å². The van der Waals surface area contributed by atoms with Crippen LogP contribution in [0, 0.1) is 124 Å². The third-order valence-corrected chi connectivity index (χ3v) is 39.4. The van der Waals surface area contributed by atoms with Gasteiger partial charge in [-0.05, 0) is 359 Å². The second-order valence-corrected chi connectivity index (χ2v) is 48.3. The summed E-state index contributed by atoms with van der Waals surface area (Å²) in [6.45, 7) is 3.17. The number of thiophene rings is 1. The molecule has 18 bridgehead atoms. The van der Waals surface area contributed by atoms with Crippen molar-refractivity contribution in [3.63, 3.8) is 0 Å². The van der Waals surface area contributed by atoms with Gasteiger partial charge in [-0.15, -0.1) is 0 Å². The second-order valence-electron chi connectivity index (χ2n) is 41.8. The maximum atomic E-state index is 14.0. The Kier molecular flexibility index (Phi) is 28.0. The Bertz CT molecular complexity index is 5520. The van der Waals surface area contributed by atoms with Crippen LogP contribution in [0.2, 0.25) is 0 Å². The van der Waals surface area contributed by atoms with Crippen LogP contribution >= 0.6 is 101 Å². The molecule has 716 valence electrons. The van der Waals surface area contributed by atoms with Crippen molar-refractivity contribution in [3.05, 3.63) is 189 Å². The average Bonchev–Trinajstić information content (AvgIpc) is 1.45. The predicted octanol–water partition coefficient (Wildman–Crippen LogP) is 24.5. The van der Waals surface area contributed by atoms with Crippen LogP contribution in [0.25, 0.3) is 25.1 Å². The van der Waals surface area contributed by atoms with Crippen molar-refractivity contribution < 1.29 is 98.5 Å². The highest BCUT2D eigenvalue weighted by Gasteiger charge is 2.73. The molecule has 28 rings (SSSR count). The first-order valence-corrected chi connectivity index (χ1v) is 57.0. The van der Waals surface area contributed by atoms with Crippen molar-refractivity contribution in [2.75, 3.05) is 36.3 Å². The summed E-state index contributed by atoms with van der Waals surface area (Å²) < 4.78 is 115. The number of ether oxygens (including phenoxy) is 9. The molecule has 2 aliphatic heterocycles.